The third-order valence-electron chi connectivity index (χ3n) is 12.9. The second-order valence-electron chi connectivity index (χ2n) is 18.7. The monoisotopic (exact) mass is 1110 g/mol. The van der Waals surface area contributed by atoms with Crippen LogP contribution in [0.25, 0.3) is 10.4 Å². The first-order valence-electron chi connectivity index (χ1n) is 26.5. The number of unbranched alkanes of at least 4 members (excludes halogenated alkanes) is 1. The van der Waals surface area contributed by atoms with Gasteiger partial charge < -0.3 is 51.2 Å². The molecule has 4 atom stereocenters. The number of phenolic OH excluding ortho intramolecular Hbond substituents is 1. The van der Waals surface area contributed by atoms with Crippen molar-refractivity contribution in [2.24, 2.45) is 15.3 Å². The number of ether oxygens (including phenoxy) is 3. The number of hydrogen-bond donors (Lipinski definition) is 7. The Hall–Kier alpha value is -8.22. The third-order valence-corrected chi connectivity index (χ3v) is 14.4. The number of hydrogen-bond acceptors (Lipinski definition) is 16. The number of phenols is 1. The summed E-state index contributed by atoms with van der Waals surface area (Å²) in [6.07, 6.45) is 5.12. The minimum absolute atomic E-state index is 0.0794. The summed E-state index contributed by atoms with van der Waals surface area (Å²) in [4.78, 5) is 79.2. The van der Waals surface area contributed by atoms with Crippen molar-refractivity contribution in [2.45, 2.75) is 74.9 Å². The molecule has 0 spiro atoms. The molecule has 0 aliphatic carbocycles. The van der Waals surface area contributed by atoms with Gasteiger partial charge in [0.2, 0.25) is 11.8 Å². The van der Waals surface area contributed by atoms with Gasteiger partial charge in [-0.05, 0) is 85.3 Å². The van der Waals surface area contributed by atoms with Crippen LogP contribution in [0.3, 0.4) is 0 Å². The molecule has 24 nitrogen and oxygen atoms in total. The molecule has 1 unspecified atom stereocenters. The number of azide groups is 1. The molecule has 7 N–H and O–H groups in total. The molecule has 0 saturated carbocycles. The van der Waals surface area contributed by atoms with Gasteiger partial charge in [0.15, 0.2) is 5.78 Å². The van der Waals surface area contributed by atoms with Crippen molar-refractivity contribution in [2.75, 3.05) is 71.6 Å². The molecule has 3 heterocycles. The van der Waals surface area contributed by atoms with E-state index in [-0.39, 0.29) is 84.2 Å². The number of azo groups is 1. The number of amides is 6. The van der Waals surface area contributed by atoms with Crippen molar-refractivity contribution < 1.29 is 48.1 Å². The predicted molar refractivity (Wildman–Crippen MR) is 297 cm³/mol. The van der Waals surface area contributed by atoms with Crippen LogP contribution in [0.1, 0.15) is 80.0 Å². The number of fused-ring (bicyclic) bond motifs is 1. The Morgan fingerprint density at radius 1 is 0.775 bits per heavy atom. The first-order valence-corrected chi connectivity index (χ1v) is 27.6. The Labute approximate surface area is 466 Å². The van der Waals surface area contributed by atoms with E-state index in [0.29, 0.717) is 112 Å². The van der Waals surface area contributed by atoms with Gasteiger partial charge in [-0.1, -0.05) is 65.3 Å². The molecule has 0 bridgehead atoms. The molecule has 25 heteroatoms. The normalized spacial score (nSPS) is 15.8. The zero-order chi connectivity index (χ0) is 56.3. The van der Waals surface area contributed by atoms with Crippen LogP contribution in [-0.4, -0.2) is 150 Å². The fourth-order valence-corrected chi connectivity index (χ4v) is 10.2. The van der Waals surface area contributed by atoms with Gasteiger partial charge in [-0.2, -0.15) is 16.9 Å². The fourth-order valence-electron chi connectivity index (χ4n) is 8.62. The molecule has 0 radical (unpaired) electrons. The van der Waals surface area contributed by atoms with Crippen molar-refractivity contribution >= 4 is 58.6 Å². The standard InChI is InChI=1S/C55H66N14O10S/c56-67-60-23-6-22-57-52(73)41-16-18-42(19-17-41)64-66-44-33-37(11-20-47(44)70)21-24-58-54(75)45(61-49(71)10-5-4-9-48-50-46(36-80-48)62-55(76)63-50)34-43-35-69(68-65-43)26-28-78-30-32-79-31-29-77-27-25-59-53(74)40-14-12-39(13-15-40)51(72)38-7-2-1-3-8-38/h1-3,7-8,11-20,33,35,45-46,48,50,70H,4-6,9-10,21-32,34,36H2,(H,57,73)(H,58,75)(H,59,74)(H,61,71)(H2,62,63,76)/t45-,46-,48?,50-/m1/s1. The van der Waals surface area contributed by atoms with Crippen LogP contribution in [-0.2, 0) is 43.2 Å². The molecule has 422 valence electrons. The van der Waals surface area contributed by atoms with Gasteiger partial charge >= 0.3 is 6.03 Å². The Balaban J connectivity index is 0.805. The molecular formula is C55H66N14O10S. The molecule has 2 aliphatic heterocycles. The minimum atomic E-state index is -0.955. The minimum Gasteiger partial charge on any atom is -0.506 e. The fraction of sp³-hybridized carbons (Fsp3) is 0.418. The number of aromatic nitrogens is 3. The molecule has 5 aromatic rings. The van der Waals surface area contributed by atoms with E-state index in [0.717, 1.165) is 24.2 Å². The maximum atomic E-state index is 13.8. The van der Waals surface area contributed by atoms with E-state index in [2.05, 4.69) is 62.5 Å². The summed E-state index contributed by atoms with van der Waals surface area (Å²) in [5.41, 5.74) is 12.2. The predicted octanol–water partition coefficient (Wildman–Crippen LogP) is 5.65. The van der Waals surface area contributed by atoms with E-state index in [1.54, 1.807) is 95.8 Å². The van der Waals surface area contributed by atoms with E-state index < -0.39 is 11.9 Å². The van der Waals surface area contributed by atoms with E-state index in [9.17, 15) is 33.9 Å². The van der Waals surface area contributed by atoms with Crippen LogP contribution >= 0.6 is 11.8 Å². The highest BCUT2D eigenvalue weighted by atomic mass is 32.2. The number of rotatable bonds is 34. The van der Waals surface area contributed by atoms with Crippen LogP contribution in [0.2, 0.25) is 0 Å². The molecule has 2 aliphatic rings. The van der Waals surface area contributed by atoms with Crippen molar-refractivity contribution in [3.63, 3.8) is 0 Å². The molecular weight excluding hydrogens is 1050 g/mol. The summed E-state index contributed by atoms with van der Waals surface area (Å²) in [5, 5.41) is 48.5. The SMILES string of the molecule is [N-]=[N+]=NCCCNC(=O)c1ccc(N=Nc2cc(CCNC(=O)[C@@H](Cc3cn(CCOCCOCCOCCNC(=O)c4ccc(C(=O)c5ccccc5)cc4)nn3)NC(=O)CCCCC3SC[C@H]4NC(=O)N[C@@H]34)ccc2O)cc1. The third kappa shape index (κ3) is 19.3. The van der Waals surface area contributed by atoms with Gasteiger partial charge in [0, 0.05) is 83.4 Å². The lowest BCUT2D eigenvalue weighted by atomic mass is 10.0. The number of urea groups is 1. The number of nitrogens with one attached hydrogen (secondary N) is 6. The highest BCUT2D eigenvalue weighted by Gasteiger charge is 2.42. The number of thioether (sulfide) groups is 1. The van der Waals surface area contributed by atoms with Crippen LogP contribution in [0.5, 0.6) is 5.75 Å². The zero-order valence-electron chi connectivity index (χ0n) is 44.2. The van der Waals surface area contributed by atoms with Crippen molar-refractivity contribution in [1.29, 1.82) is 0 Å². The molecule has 4 aromatic carbocycles. The van der Waals surface area contributed by atoms with E-state index in [1.807, 2.05) is 17.8 Å². The maximum Gasteiger partial charge on any atom is 0.315 e. The number of nitrogens with zero attached hydrogens (tertiary/aromatic N) is 8. The second kappa shape index (κ2) is 32.0. The van der Waals surface area contributed by atoms with Gasteiger partial charge in [0.1, 0.15) is 17.5 Å². The molecule has 6 amide bonds. The lowest BCUT2D eigenvalue weighted by Gasteiger charge is -2.18. The van der Waals surface area contributed by atoms with Crippen LogP contribution < -0.4 is 31.9 Å². The Bertz CT molecular complexity index is 2920. The first-order chi connectivity index (χ1) is 39.0. The molecule has 2 fully saturated rings. The average molecular weight is 1120 g/mol. The number of ketones is 1. The highest BCUT2D eigenvalue weighted by Crippen LogP contribution is 2.33. The van der Waals surface area contributed by atoms with Crippen LogP contribution in [0.4, 0.5) is 16.2 Å². The average Bonchev–Trinajstić information content (AvgIpc) is 4.23. The smallest absolute Gasteiger partial charge is 0.315 e. The first kappa shape index (κ1) is 59.4. The quantitative estimate of drug-likeness (QED) is 0.00655. The van der Waals surface area contributed by atoms with Crippen molar-refractivity contribution in [1.82, 2.24) is 46.9 Å². The highest BCUT2D eigenvalue weighted by molar-refractivity contribution is 8.00. The van der Waals surface area contributed by atoms with Gasteiger partial charge in [-0.15, -0.1) is 10.2 Å². The van der Waals surface area contributed by atoms with E-state index in [4.69, 9.17) is 19.7 Å². The van der Waals surface area contributed by atoms with Crippen LogP contribution in [0.15, 0.2) is 119 Å². The number of carbonyl (C=O) groups excluding carboxylic acids is 6. The Morgan fingerprint density at radius 3 is 2.21 bits per heavy atom. The summed E-state index contributed by atoms with van der Waals surface area (Å²) in [7, 11) is 0. The molecule has 7 rings (SSSR count). The summed E-state index contributed by atoms with van der Waals surface area (Å²) in [5.74, 6) is -0.593. The second-order valence-corrected chi connectivity index (χ2v) is 20.0. The Kier molecular flexibility index (Phi) is 23.8. The number of aromatic hydroxyl groups is 1. The van der Waals surface area contributed by atoms with Crippen molar-refractivity contribution in [3.05, 3.63) is 147 Å². The summed E-state index contributed by atoms with van der Waals surface area (Å²) in [6, 6.07) is 25.9. The van der Waals surface area contributed by atoms with Gasteiger partial charge in [0.25, 0.3) is 11.8 Å². The van der Waals surface area contributed by atoms with E-state index in [1.165, 1.54) is 6.07 Å². The topological polar surface area (TPSA) is 327 Å². The van der Waals surface area contributed by atoms with Crippen molar-refractivity contribution in [3.8, 4) is 5.75 Å². The van der Waals surface area contributed by atoms with Crippen LogP contribution in [0, 0.1) is 0 Å². The number of carbonyl (C=O) groups is 6. The summed E-state index contributed by atoms with van der Waals surface area (Å²) >= 11 is 1.82. The summed E-state index contributed by atoms with van der Waals surface area (Å²) in [6.45, 7) is 3.46. The van der Waals surface area contributed by atoms with E-state index >= 15 is 0 Å². The van der Waals surface area contributed by atoms with Gasteiger partial charge in [-0.3, -0.25) is 24.0 Å². The zero-order valence-corrected chi connectivity index (χ0v) is 45.0. The number of benzene rings is 4. The van der Waals surface area contributed by atoms with Gasteiger partial charge in [-0.25, -0.2) is 9.48 Å². The Morgan fingerprint density at radius 2 is 1.46 bits per heavy atom. The largest absolute Gasteiger partial charge is 0.506 e. The van der Waals surface area contributed by atoms with Gasteiger partial charge in [0.05, 0.1) is 69.7 Å². The molecule has 80 heavy (non-hydrogen) atoms. The lowest BCUT2D eigenvalue weighted by molar-refractivity contribution is -0.129. The lowest BCUT2D eigenvalue weighted by Crippen LogP contribution is -2.48. The molecule has 1 aromatic heterocycles. The molecule has 2 saturated heterocycles. The summed E-state index contributed by atoms with van der Waals surface area (Å²) < 4.78 is 18.5. The maximum absolute atomic E-state index is 13.8.